The van der Waals surface area contributed by atoms with E-state index >= 15 is 0 Å². The molecule has 80 valence electrons. The fourth-order valence-electron chi connectivity index (χ4n) is 1.93. The molecular weight excluding hydrogens is 188 g/mol. The van der Waals surface area contributed by atoms with Gasteiger partial charge in [-0.25, -0.2) is 0 Å². The molecule has 1 heterocycles. The van der Waals surface area contributed by atoms with Crippen molar-refractivity contribution in [1.82, 2.24) is 0 Å². The number of hydrogen-bond acceptors (Lipinski definition) is 2. The van der Waals surface area contributed by atoms with Gasteiger partial charge < -0.3 is 9.53 Å². The zero-order valence-corrected chi connectivity index (χ0v) is 9.03. The standard InChI is InChI=1S/C13H16O2/c1-10-4-6-12-7-5-11(3-2-8-14)9-13(12)15-10/h5,7-10H,2-4,6H2,1H3. The van der Waals surface area contributed by atoms with Crippen molar-refractivity contribution in [1.29, 1.82) is 0 Å². The van der Waals surface area contributed by atoms with E-state index in [1.54, 1.807) is 0 Å². The van der Waals surface area contributed by atoms with Crippen LogP contribution in [0.3, 0.4) is 0 Å². The summed E-state index contributed by atoms with van der Waals surface area (Å²) < 4.78 is 5.76. The van der Waals surface area contributed by atoms with E-state index < -0.39 is 0 Å². The molecule has 0 amide bonds. The lowest BCUT2D eigenvalue weighted by atomic mass is 10.00. The first-order valence-electron chi connectivity index (χ1n) is 5.51. The van der Waals surface area contributed by atoms with Crippen LogP contribution in [0.1, 0.15) is 30.9 Å². The second-order valence-corrected chi connectivity index (χ2v) is 4.11. The van der Waals surface area contributed by atoms with Gasteiger partial charge >= 0.3 is 0 Å². The van der Waals surface area contributed by atoms with Gasteiger partial charge in [0.15, 0.2) is 0 Å². The minimum atomic E-state index is 0.318. The Kier molecular flexibility index (Phi) is 3.05. The van der Waals surface area contributed by atoms with Gasteiger partial charge in [-0.3, -0.25) is 0 Å². The molecule has 2 rings (SSSR count). The third-order valence-electron chi connectivity index (χ3n) is 2.83. The smallest absolute Gasteiger partial charge is 0.123 e. The summed E-state index contributed by atoms with van der Waals surface area (Å²) in [5.41, 5.74) is 2.48. The SMILES string of the molecule is CC1CCc2ccc(CCC=O)cc2O1. The fraction of sp³-hybridized carbons (Fsp3) is 0.462. The average molecular weight is 204 g/mol. The Bertz CT molecular complexity index is 358. The number of aryl methyl sites for hydroxylation is 2. The maximum atomic E-state index is 10.3. The van der Waals surface area contributed by atoms with Crippen molar-refractivity contribution in [2.24, 2.45) is 0 Å². The highest BCUT2D eigenvalue weighted by Gasteiger charge is 2.15. The Morgan fingerprint density at radius 2 is 2.40 bits per heavy atom. The van der Waals surface area contributed by atoms with Crippen molar-refractivity contribution < 1.29 is 9.53 Å². The van der Waals surface area contributed by atoms with Gasteiger partial charge in [0.25, 0.3) is 0 Å². The molecule has 0 aromatic heterocycles. The van der Waals surface area contributed by atoms with Crippen molar-refractivity contribution in [3.8, 4) is 5.75 Å². The zero-order chi connectivity index (χ0) is 10.7. The van der Waals surface area contributed by atoms with Crippen molar-refractivity contribution >= 4 is 6.29 Å². The van der Waals surface area contributed by atoms with Crippen LogP contribution in [0.5, 0.6) is 5.75 Å². The van der Waals surface area contributed by atoms with Crippen molar-refractivity contribution in [3.63, 3.8) is 0 Å². The molecule has 0 N–H and O–H groups in total. The Morgan fingerprint density at radius 1 is 1.53 bits per heavy atom. The number of carbonyl (C=O) groups is 1. The van der Waals surface area contributed by atoms with Gasteiger partial charge in [0.2, 0.25) is 0 Å². The minimum Gasteiger partial charge on any atom is -0.490 e. The summed E-state index contributed by atoms with van der Waals surface area (Å²) in [7, 11) is 0. The van der Waals surface area contributed by atoms with Crippen LogP contribution >= 0.6 is 0 Å². The molecule has 1 aliphatic rings. The normalized spacial score (nSPS) is 19.1. The van der Waals surface area contributed by atoms with Crippen molar-refractivity contribution in [2.75, 3.05) is 0 Å². The van der Waals surface area contributed by atoms with Crippen molar-refractivity contribution in [3.05, 3.63) is 29.3 Å². The molecule has 0 aliphatic carbocycles. The largest absolute Gasteiger partial charge is 0.490 e. The molecule has 0 saturated heterocycles. The first-order chi connectivity index (χ1) is 7.29. The van der Waals surface area contributed by atoms with E-state index in [2.05, 4.69) is 25.1 Å². The van der Waals surface area contributed by atoms with Gasteiger partial charge in [0.05, 0.1) is 6.10 Å². The lowest BCUT2D eigenvalue weighted by Gasteiger charge is -2.23. The maximum absolute atomic E-state index is 10.3. The second-order valence-electron chi connectivity index (χ2n) is 4.11. The zero-order valence-electron chi connectivity index (χ0n) is 9.03. The summed E-state index contributed by atoms with van der Waals surface area (Å²) in [4.78, 5) is 10.3. The van der Waals surface area contributed by atoms with Gasteiger partial charge in [-0.15, -0.1) is 0 Å². The highest BCUT2D eigenvalue weighted by Crippen LogP contribution is 2.28. The molecular formula is C13H16O2. The summed E-state index contributed by atoms with van der Waals surface area (Å²) in [6.45, 7) is 2.10. The maximum Gasteiger partial charge on any atom is 0.123 e. The summed E-state index contributed by atoms with van der Waals surface area (Å²) in [5.74, 6) is 1.01. The highest BCUT2D eigenvalue weighted by molar-refractivity contribution is 5.50. The van der Waals surface area contributed by atoms with E-state index in [0.717, 1.165) is 31.3 Å². The summed E-state index contributed by atoms with van der Waals surface area (Å²) >= 11 is 0. The number of rotatable bonds is 3. The molecule has 1 unspecified atom stereocenters. The molecule has 1 aromatic rings. The number of fused-ring (bicyclic) bond motifs is 1. The predicted molar refractivity (Wildman–Crippen MR) is 59.2 cm³/mol. The van der Waals surface area contributed by atoms with Crippen LogP contribution in [0.25, 0.3) is 0 Å². The molecule has 0 spiro atoms. The first kappa shape index (κ1) is 10.2. The second kappa shape index (κ2) is 4.47. The van der Waals surface area contributed by atoms with Crippen LogP contribution in [0, 0.1) is 0 Å². The monoisotopic (exact) mass is 204 g/mol. The molecule has 1 aliphatic heterocycles. The summed E-state index contributed by atoms with van der Waals surface area (Å²) in [6, 6.07) is 6.30. The number of ether oxygens (including phenoxy) is 1. The quantitative estimate of drug-likeness (QED) is 0.707. The molecule has 0 saturated carbocycles. The van der Waals surface area contributed by atoms with Crippen LogP contribution in [-0.4, -0.2) is 12.4 Å². The lowest BCUT2D eigenvalue weighted by molar-refractivity contribution is -0.107. The third kappa shape index (κ3) is 2.38. The number of carbonyl (C=O) groups excluding carboxylic acids is 1. The number of aldehydes is 1. The van der Waals surface area contributed by atoms with E-state index in [9.17, 15) is 4.79 Å². The number of benzene rings is 1. The molecule has 1 aromatic carbocycles. The molecule has 1 atom stereocenters. The van der Waals surface area contributed by atoms with Crippen LogP contribution in [0.2, 0.25) is 0 Å². The highest BCUT2D eigenvalue weighted by atomic mass is 16.5. The molecule has 0 radical (unpaired) electrons. The van der Waals surface area contributed by atoms with Crippen molar-refractivity contribution in [2.45, 2.75) is 38.7 Å². The van der Waals surface area contributed by atoms with E-state index in [0.29, 0.717) is 12.5 Å². The van der Waals surface area contributed by atoms with E-state index in [1.165, 1.54) is 11.1 Å². The van der Waals surface area contributed by atoms with Crippen LogP contribution in [0.4, 0.5) is 0 Å². The van der Waals surface area contributed by atoms with Gasteiger partial charge in [-0.05, 0) is 43.4 Å². The predicted octanol–water partition coefficient (Wildman–Crippen LogP) is 2.53. The molecule has 2 heteroatoms. The van der Waals surface area contributed by atoms with E-state index in [4.69, 9.17) is 4.74 Å². The Morgan fingerprint density at radius 3 is 3.20 bits per heavy atom. The van der Waals surface area contributed by atoms with Gasteiger partial charge in [0.1, 0.15) is 12.0 Å². The van der Waals surface area contributed by atoms with Gasteiger partial charge in [-0.1, -0.05) is 12.1 Å². The van der Waals surface area contributed by atoms with Crippen LogP contribution < -0.4 is 4.74 Å². The topological polar surface area (TPSA) is 26.3 Å². The average Bonchev–Trinajstić information content (AvgIpc) is 2.25. The Labute approximate surface area is 90.3 Å². The molecule has 15 heavy (non-hydrogen) atoms. The molecule has 2 nitrogen and oxygen atoms in total. The van der Waals surface area contributed by atoms with Crippen LogP contribution in [-0.2, 0) is 17.6 Å². The van der Waals surface area contributed by atoms with E-state index in [1.807, 2.05) is 0 Å². The third-order valence-corrected chi connectivity index (χ3v) is 2.83. The van der Waals surface area contributed by atoms with Gasteiger partial charge in [0, 0.05) is 6.42 Å². The minimum absolute atomic E-state index is 0.318. The summed E-state index contributed by atoms with van der Waals surface area (Å²) in [5, 5.41) is 0. The Hall–Kier alpha value is -1.31. The number of hydrogen-bond donors (Lipinski definition) is 0. The molecule has 0 fully saturated rings. The first-order valence-corrected chi connectivity index (χ1v) is 5.51. The van der Waals surface area contributed by atoms with E-state index in [-0.39, 0.29) is 0 Å². The summed E-state index contributed by atoms with van der Waals surface area (Å²) in [6.07, 6.45) is 4.88. The molecule has 0 bridgehead atoms. The van der Waals surface area contributed by atoms with Gasteiger partial charge in [-0.2, -0.15) is 0 Å². The van der Waals surface area contributed by atoms with Crippen LogP contribution in [0.15, 0.2) is 18.2 Å². The fourth-order valence-corrected chi connectivity index (χ4v) is 1.93. The Balaban J connectivity index is 2.16. The lowest BCUT2D eigenvalue weighted by Crippen LogP contribution is -2.18.